The van der Waals surface area contributed by atoms with E-state index in [1.807, 2.05) is 0 Å². The van der Waals surface area contributed by atoms with E-state index < -0.39 is 92.3 Å². The van der Waals surface area contributed by atoms with Crippen LogP contribution in [0, 0.1) is 5.41 Å². The number of carbonyl (C=O) groups excluding carboxylic acids is 4. The molecule has 0 radical (unpaired) electrons. The predicted molar refractivity (Wildman–Crippen MR) is 181 cm³/mol. The maximum atomic E-state index is 14.5. The lowest BCUT2D eigenvalue weighted by Crippen LogP contribution is -2.37. The van der Waals surface area contributed by atoms with E-state index in [0.717, 1.165) is 31.0 Å². The molecule has 0 aliphatic heterocycles. The molecular weight excluding hydrogens is 759 g/mol. The topological polar surface area (TPSA) is 189 Å². The van der Waals surface area contributed by atoms with Crippen molar-refractivity contribution in [2.45, 2.75) is 78.1 Å². The largest absolute Gasteiger partial charge is 0.471 e. The van der Waals surface area contributed by atoms with E-state index in [-0.39, 0.29) is 48.5 Å². The summed E-state index contributed by atoms with van der Waals surface area (Å²) < 4.78 is 117. The average molecular weight is 804 g/mol. The summed E-state index contributed by atoms with van der Waals surface area (Å²) in [7, 11) is -3.08. The van der Waals surface area contributed by atoms with Crippen molar-refractivity contribution in [2.24, 2.45) is 5.41 Å². The summed E-state index contributed by atoms with van der Waals surface area (Å²) in [5.41, 5.74) is -2.76. The van der Waals surface area contributed by atoms with Crippen molar-refractivity contribution in [3.8, 4) is 5.75 Å². The second kappa shape index (κ2) is 20.6. The molecule has 0 aliphatic carbocycles. The van der Waals surface area contributed by atoms with Gasteiger partial charge in [-0.25, -0.2) is 4.79 Å². The molecule has 0 atom stereocenters. The summed E-state index contributed by atoms with van der Waals surface area (Å²) in [5.74, 6) is -6.36. The maximum Gasteiger partial charge on any atom is 0.471 e. The van der Waals surface area contributed by atoms with Crippen LogP contribution in [0.15, 0.2) is 27.4 Å². The van der Waals surface area contributed by atoms with Gasteiger partial charge in [0.05, 0.1) is 18.6 Å². The number of fused-ring (bicyclic) bond motifs is 1. The summed E-state index contributed by atoms with van der Waals surface area (Å²) in [6, 6.07) is 3.35. The molecule has 304 valence electrons. The number of unbranched alkanes of at least 4 members (excludes halogenated alkanes) is 4. The van der Waals surface area contributed by atoms with Crippen LogP contribution in [0.5, 0.6) is 5.75 Å². The van der Waals surface area contributed by atoms with Crippen LogP contribution in [0.25, 0.3) is 11.0 Å². The van der Waals surface area contributed by atoms with Gasteiger partial charge in [0.2, 0.25) is 0 Å². The fraction of sp³-hybridized carbons (Fsp3) is 0.606. The third-order valence-electron chi connectivity index (χ3n) is 7.23. The lowest BCUT2D eigenvalue weighted by Gasteiger charge is -2.23. The minimum absolute atomic E-state index is 0.0163. The zero-order valence-electron chi connectivity index (χ0n) is 30.1. The van der Waals surface area contributed by atoms with Crippen molar-refractivity contribution < 1.29 is 73.0 Å². The van der Waals surface area contributed by atoms with E-state index in [0.29, 0.717) is 13.0 Å². The highest BCUT2D eigenvalue weighted by molar-refractivity contribution is 7.62. The van der Waals surface area contributed by atoms with Gasteiger partial charge in [-0.3, -0.25) is 23.7 Å². The van der Waals surface area contributed by atoms with Gasteiger partial charge in [-0.2, -0.15) is 26.3 Å². The number of hydrogen-bond acceptors (Lipinski definition) is 11. The standard InChI is InChI=1S/C33H44F6N3O11P/c1-31(2,3)30(47)53-24-20-23-21(18-22(27(44)52-23)26(43)40-12-6-5-9-15-49-4)19-25(24)54(48,50-16-10-7-13-41-28(45)32(34,35)36)51-17-11-8-14-42-29(46)33(37,38)39/h18-20H,5-17H2,1-4H3,(H,40,43)(H,41,45)(H,42,46). The summed E-state index contributed by atoms with van der Waals surface area (Å²) >= 11 is 0. The fourth-order valence-corrected chi connectivity index (χ4v) is 6.06. The van der Waals surface area contributed by atoms with E-state index >= 15 is 0 Å². The molecule has 1 aromatic carbocycles. The van der Waals surface area contributed by atoms with Crippen molar-refractivity contribution in [3.05, 3.63) is 34.2 Å². The Kier molecular flexibility index (Phi) is 17.6. The number of halogens is 6. The minimum Gasteiger partial charge on any atom is -0.425 e. The Balaban J connectivity index is 2.46. The number of methoxy groups -OCH3 is 1. The van der Waals surface area contributed by atoms with Gasteiger partial charge in [-0.15, -0.1) is 0 Å². The van der Waals surface area contributed by atoms with Crippen LogP contribution in [0.4, 0.5) is 26.3 Å². The van der Waals surface area contributed by atoms with Crippen LogP contribution in [0.3, 0.4) is 0 Å². The monoisotopic (exact) mass is 803 g/mol. The SMILES string of the molecule is COCCCCCNC(=O)c1cc2cc(P(=O)(OCCCCNC(=O)C(F)(F)F)OCCCCNC(=O)C(F)(F)F)c(OC(=O)C(C)(C)C)cc2oc1=O. The normalized spacial score (nSPS) is 12.4. The van der Waals surface area contributed by atoms with Crippen LogP contribution in [-0.2, 0) is 32.7 Å². The third-order valence-corrected chi connectivity index (χ3v) is 9.21. The summed E-state index contributed by atoms with van der Waals surface area (Å²) in [4.78, 5) is 60.9. The molecule has 3 amide bonds. The highest BCUT2D eigenvalue weighted by Gasteiger charge is 2.39. The first-order valence-electron chi connectivity index (χ1n) is 16.8. The van der Waals surface area contributed by atoms with E-state index in [4.69, 9.17) is 22.9 Å². The Bertz CT molecular complexity index is 1670. The highest BCUT2D eigenvalue weighted by Crippen LogP contribution is 2.50. The predicted octanol–water partition coefficient (Wildman–Crippen LogP) is 5.06. The van der Waals surface area contributed by atoms with Crippen LogP contribution >= 0.6 is 7.60 Å². The number of alkyl halides is 6. The van der Waals surface area contributed by atoms with Gasteiger partial charge in [0.25, 0.3) is 5.91 Å². The summed E-state index contributed by atoms with van der Waals surface area (Å²) in [6.07, 6.45) is -8.40. The van der Waals surface area contributed by atoms with Crippen molar-refractivity contribution in [2.75, 3.05) is 46.6 Å². The van der Waals surface area contributed by atoms with Gasteiger partial charge < -0.3 is 38.9 Å². The first-order valence-corrected chi connectivity index (χ1v) is 18.4. The molecule has 0 spiro atoms. The maximum absolute atomic E-state index is 14.5. The zero-order chi connectivity index (χ0) is 40.7. The number of nitrogens with one attached hydrogen (secondary N) is 3. The first kappa shape index (κ1) is 46.2. The number of carbonyl (C=O) groups is 4. The molecular formula is C33H44F6N3O11P. The Morgan fingerprint density at radius 2 is 1.22 bits per heavy atom. The van der Waals surface area contributed by atoms with Crippen molar-refractivity contribution in [1.29, 1.82) is 0 Å². The van der Waals surface area contributed by atoms with Crippen LogP contribution in [0.2, 0.25) is 0 Å². The van der Waals surface area contributed by atoms with Crippen LogP contribution < -0.4 is 31.6 Å². The van der Waals surface area contributed by atoms with E-state index in [9.17, 15) is 54.9 Å². The van der Waals surface area contributed by atoms with Gasteiger partial charge in [0.1, 0.15) is 22.2 Å². The summed E-state index contributed by atoms with van der Waals surface area (Å²) in [6.45, 7) is 3.59. The van der Waals surface area contributed by atoms with Gasteiger partial charge in [0, 0.05) is 44.8 Å². The lowest BCUT2D eigenvalue weighted by atomic mass is 9.97. The van der Waals surface area contributed by atoms with Crippen molar-refractivity contribution >= 4 is 47.6 Å². The molecule has 2 aromatic rings. The van der Waals surface area contributed by atoms with Crippen molar-refractivity contribution in [3.63, 3.8) is 0 Å². The molecule has 0 aliphatic rings. The Morgan fingerprint density at radius 1 is 0.722 bits per heavy atom. The van der Waals surface area contributed by atoms with Gasteiger partial charge >= 0.3 is 43.4 Å². The molecule has 0 fully saturated rings. The molecule has 21 heteroatoms. The van der Waals surface area contributed by atoms with Crippen LogP contribution in [-0.4, -0.2) is 82.6 Å². The van der Waals surface area contributed by atoms with E-state index in [1.165, 1.54) is 20.8 Å². The van der Waals surface area contributed by atoms with Crippen LogP contribution in [0.1, 0.15) is 76.1 Å². The molecule has 0 bridgehead atoms. The number of amides is 3. The van der Waals surface area contributed by atoms with Gasteiger partial charge in [-0.05, 0) is 77.8 Å². The number of ether oxygens (including phenoxy) is 2. The Labute approximate surface area is 306 Å². The van der Waals surface area contributed by atoms with E-state index in [2.05, 4.69) is 5.32 Å². The molecule has 1 heterocycles. The quantitative estimate of drug-likeness (QED) is 0.0382. The zero-order valence-corrected chi connectivity index (χ0v) is 31.0. The molecule has 2 rings (SSSR count). The molecule has 0 saturated heterocycles. The van der Waals surface area contributed by atoms with Crippen molar-refractivity contribution in [1.82, 2.24) is 16.0 Å². The van der Waals surface area contributed by atoms with Gasteiger partial charge in [-0.1, -0.05) is 0 Å². The molecule has 1 aromatic heterocycles. The second-order valence-corrected chi connectivity index (χ2v) is 14.8. The first-order chi connectivity index (χ1) is 25.1. The number of esters is 1. The smallest absolute Gasteiger partial charge is 0.425 e. The molecule has 0 unspecified atom stereocenters. The third kappa shape index (κ3) is 15.0. The number of rotatable bonds is 21. The summed E-state index contributed by atoms with van der Waals surface area (Å²) in [5, 5.41) is 5.60. The van der Waals surface area contributed by atoms with Gasteiger partial charge in [0.15, 0.2) is 0 Å². The molecule has 0 saturated carbocycles. The minimum atomic E-state index is -5.10. The number of hydrogen-bond donors (Lipinski definition) is 3. The highest BCUT2D eigenvalue weighted by atomic mass is 31.2. The molecule has 54 heavy (non-hydrogen) atoms. The van der Waals surface area contributed by atoms with E-state index in [1.54, 1.807) is 17.7 Å². The Morgan fingerprint density at radius 3 is 1.72 bits per heavy atom. The molecule has 14 nitrogen and oxygen atoms in total. The Hall–Kier alpha value is -4.00. The number of benzene rings is 1. The molecule has 3 N–H and O–H groups in total. The fourth-order valence-electron chi connectivity index (χ4n) is 4.29. The lowest BCUT2D eigenvalue weighted by molar-refractivity contribution is -0.173. The second-order valence-electron chi connectivity index (χ2n) is 12.8. The average Bonchev–Trinajstić information content (AvgIpc) is 3.07.